The molecule has 1 saturated carbocycles. The van der Waals surface area contributed by atoms with Gasteiger partial charge in [0, 0.05) is 17.7 Å². The van der Waals surface area contributed by atoms with E-state index in [1.54, 1.807) is 0 Å². The number of methoxy groups -OCH3 is 1. The predicted octanol–water partition coefficient (Wildman–Crippen LogP) is 3.00. The molecule has 1 aliphatic carbocycles. The summed E-state index contributed by atoms with van der Waals surface area (Å²) < 4.78 is 45.2. The van der Waals surface area contributed by atoms with E-state index in [4.69, 9.17) is 10.5 Å². The lowest BCUT2D eigenvalue weighted by Gasteiger charge is -2.17. The molecule has 2 N–H and O–H groups in total. The third kappa shape index (κ3) is 3.07. The lowest BCUT2D eigenvalue weighted by atomic mass is 10.0. The van der Waals surface area contributed by atoms with Crippen LogP contribution in [0.1, 0.15) is 24.4 Å². The molecule has 0 heterocycles. The molecule has 3 nitrogen and oxygen atoms in total. The van der Waals surface area contributed by atoms with E-state index in [1.807, 2.05) is 0 Å². The highest BCUT2D eigenvalue weighted by Crippen LogP contribution is 2.43. The van der Waals surface area contributed by atoms with Crippen molar-refractivity contribution in [1.29, 1.82) is 0 Å². The Morgan fingerprint density at radius 1 is 1.33 bits per heavy atom. The van der Waals surface area contributed by atoms with Gasteiger partial charge in [0.25, 0.3) is 0 Å². The number of ether oxygens (including phenoxy) is 2. The van der Waals surface area contributed by atoms with Gasteiger partial charge in [-0.25, -0.2) is 0 Å². The summed E-state index contributed by atoms with van der Waals surface area (Å²) in [6.45, 7) is 0. The van der Waals surface area contributed by atoms with Gasteiger partial charge in [-0.2, -0.15) is 0 Å². The van der Waals surface area contributed by atoms with Gasteiger partial charge in [-0.1, -0.05) is 6.07 Å². The third-order valence-corrected chi connectivity index (χ3v) is 2.93. The van der Waals surface area contributed by atoms with Crippen molar-refractivity contribution in [3.63, 3.8) is 0 Å². The van der Waals surface area contributed by atoms with Crippen LogP contribution in [0.2, 0.25) is 0 Å². The van der Waals surface area contributed by atoms with Crippen molar-refractivity contribution in [2.24, 2.45) is 11.7 Å². The van der Waals surface area contributed by atoms with Crippen molar-refractivity contribution in [3.8, 4) is 11.5 Å². The van der Waals surface area contributed by atoms with E-state index in [0.29, 0.717) is 11.7 Å². The summed E-state index contributed by atoms with van der Waals surface area (Å²) >= 11 is 0. The Hall–Kier alpha value is -1.43. The zero-order valence-corrected chi connectivity index (χ0v) is 9.83. The molecule has 1 aromatic carbocycles. The first kappa shape index (κ1) is 13.0. The van der Waals surface area contributed by atoms with Gasteiger partial charge in [-0.3, -0.25) is 0 Å². The first-order chi connectivity index (χ1) is 8.40. The summed E-state index contributed by atoms with van der Waals surface area (Å²) in [7, 11) is 1.40. The molecule has 0 saturated heterocycles. The zero-order valence-electron chi connectivity index (χ0n) is 9.83. The van der Waals surface area contributed by atoms with Crippen LogP contribution in [-0.4, -0.2) is 13.5 Å². The molecule has 0 radical (unpaired) electrons. The van der Waals surface area contributed by atoms with Gasteiger partial charge in [0.05, 0.1) is 7.11 Å². The van der Waals surface area contributed by atoms with Crippen LogP contribution in [0.4, 0.5) is 13.2 Å². The van der Waals surface area contributed by atoms with Crippen LogP contribution in [0, 0.1) is 5.92 Å². The van der Waals surface area contributed by atoms with Crippen molar-refractivity contribution in [2.75, 3.05) is 7.11 Å². The topological polar surface area (TPSA) is 44.5 Å². The summed E-state index contributed by atoms with van der Waals surface area (Å²) in [5.74, 6) is 0.426. The predicted molar refractivity (Wildman–Crippen MR) is 59.3 cm³/mol. The van der Waals surface area contributed by atoms with E-state index in [-0.39, 0.29) is 11.8 Å². The summed E-state index contributed by atoms with van der Waals surface area (Å²) in [6, 6.07) is 3.81. The Balaban J connectivity index is 2.22. The molecule has 1 atom stereocenters. The zero-order chi connectivity index (χ0) is 13.3. The Morgan fingerprint density at radius 2 is 2.00 bits per heavy atom. The van der Waals surface area contributed by atoms with E-state index < -0.39 is 6.36 Å². The van der Waals surface area contributed by atoms with E-state index in [2.05, 4.69) is 4.74 Å². The highest BCUT2D eigenvalue weighted by Gasteiger charge is 2.33. The van der Waals surface area contributed by atoms with Gasteiger partial charge in [0.2, 0.25) is 0 Å². The van der Waals surface area contributed by atoms with Gasteiger partial charge in [0.1, 0.15) is 11.5 Å². The normalized spacial score (nSPS) is 17.4. The van der Waals surface area contributed by atoms with Crippen LogP contribution in [0.15, 0.2) is 18.2 Å². The minimum Gasteiger partial charge on any atom is -0.496 e. The average Bonchev–Trinajstić information content (AvgIpc) is 3.09. The monoisotopic (exact) mass is 261 g/mol. The number of hydrogen-bond acceptors (Lipinski definition) is 3. The number of alkyl halides is 3. The fourth-order valence-electron chi connectivity index (χ4n) is 1.87. The second-order valence-corrected chi connectivity index (χ2v) is 4.31. The van der Waals surface area contributed by atoms with Crippen molar-refractivity contribution >= 4 is 0 Å². The van der Waals surface area contributed by atoms with Crippen LogP contribution in [-0.2, 0) is 0 Å². The summed E-state index contributed by atoms with van der Waals surface area (Å²) in [5.41, 5.74) is 6.73. The van der Waals surface area contributed by atoms with E-state index in [9.17, 15) is 13.2 Å². The number of rotatable bonds is 4. The molecular formula is C12H14F3NO2. The molecule has 18 heavy (non-hydrogen) atoms. The number of halogens is 3. The number of benzene rings is 1. The minimum absolute atomic E-state index is 0.195. The lowest BCUT2D eigenvalue weighted by molar-refractivity contribution is -0.274. The largest absolute Gasteiger partial charge is 0.573 e. The summed E-state index contributed by atoms with van der Waals surface area (Å²) in [6.07, 6.45) is -2.61. The quantitative estimate of drug-likeness (QED) is 0.906. The standard InChI is InChI=1S/C12H14F3NO2/c1-17-10-6-8(18-12(13,14)15)4-5-9(10)11(16)7-2-3-7/h4-7,11H,2-3,16H2,1H3/t11-/m1/s1. The molecule has 0 bridgehead atoms. The van der Waals surface area contributed by atoms with Crippen LogP contribution in [0.5, 0.6) is 11.5 Å². The number of hydrogen-bond donors (Lipinski definition) is 1. The Bertz CT molecular complexity index is 430. The van der Waals surface area contributed by atoms with Crippen molar-refractivity contribution in [1.82, 2.24) is 0 Å². The molecule has 1 aromatic rings. The van der Waals surface area contributed by atoms with Crippen LogP contribution in [0.25, 0.3) is 0 Å². The minimum atomic E-state index is -4.70. The maximum absolute atomic E-state index is 12.1. The highest BCUT2D eigenvalue weighted by molar-refractivity contribution is 5.43. The van der Waals surface area contributed by atoms with Gasteiger partial charge in [0.15, 0.2) is 0 Å². The summed E-state index contributed by atoms with van der Waals surface area (Å²) in [5, 5.41) is 0. The van der Waals surface area contributed by atoms with Crippen molar-refractivity contribution in [3.05, 3.63) is 23.8 Å². The van der Waals surface area contributed by atoms with Gasteiger partial charge in [-0.05, 0) is 24.8 Å². The molecule has 0 aliphatic heterocycles. The van der Waals surface area contributed by atoms with Crippen LogP contribution >= 0.6 is 0 Å². The maximum Gasteiger partial charge on any atom is 0.573 e. The third-order valence-electron chi connectivity index (χ3n) is 2.93. The molecule has 0 amide bonds. The van der Waals surface area contributed by atoms with E-state index >= 15 is 0 Å². The van der Waals surface area contributed by atoms with E-state index in [1.165, 1.54) is 25.3 Å². The smallest absolute Gasteiger partial charge is 0.496 e. The van der Waals surface area contributed by atoms with Gasteiger partial charge >= 0.3 is 6.36 Å². The first-order valence-electron chi connectivity index (χ1n) is 5.60. The van der Waals surface area contributed by atoms with Gasteiger partial charge < -0.3 is 15.2 Å². The van der Waals surface area contributed by atoms with Gasteiger partial charge in [-0.15, -0.1) is 13.2 Å². The van der Waals surface area contributed by atoms with Crippen LogP contribution < -0.4 is 15.2 Å². The van der Waals surface area contributed by atoms with Crippen molar-refractivity contribution < 1.29 is 22.6 Å². The molecular weight excluding hydrogens is 247 g/mol. The second-order valence-electron chi connectivity index (χ2n) is 4.31. The first-order valence-corrected chi connectivity index (χ1v) is 5.60. The second kappa shape index (κ2) is 4.68. The molecule has 1 fully saturated rings. The summed E-state index contributed by atoms with van der Waals surface area (Å²) in [4.78, 5) is 0. The SMILES string of the molecule is COc1cc(OC(F)(F)F)ccc1[C@H](N)C1CC1. The Labute approximate surface area is 103 Å². The van der Waals surface area contributed by atoms with Crippen LogP contribution in [0.3, 0.4) is 0 Å². The highest BCUT2D eigenvalue weighted by atomic mass is 19.4. The fraction of sp³-hybridized carbons (Fsp3) is 0.500. The van der Waals surface area contributed by atoms with E-state index in [0.717, 1.165) is 18.4 Å². The molecule has 6 heteroatoms. The Kier molecular flexibility index (Phi) is 3.38. The number of nitrogens with two attached hydrogens (primary N) is 1. The Morgan fingerprint density at radius 3 is 2.50 bits per heavy atom. The molecule has 100 valence electrons. The maximum atomic E-state index is 12.1. The molecule has 0 unspecified atom stereocenters. The average molecular weight is 261 g/mol. The molecule has 2 rings (SSSR count). The lowest BCUT2D eigenvalue weighted by Crippen LogP contribution is -2.18. The molecule has 0 spiro atoms. The molecule has 0 aromatic heterocycles. The molecule has 1 aliphatic rings. The van der Waals surface area contributed by atoms with Crippen molar-refractivity contribution in [2.45, 2.75) is 25.2 Å². The fourth-order valence-corrected chi connectivity index (χ4v) is 1.87.